The normalized spacial score (nSPS) is 17.1. The number of ether oxygens (including phenoxy) is 1. The van der Waals surface area contributed by atoms with E-state index < -0.39 is 72.8 Å². The van der Waals surface area contributed by atoms with Gasteiger partial charge in [0.15, 0.2) is 6.61 Å². The molecule has 1 heterocycles. The van der Waals surface area contributed by atoms with Gasteiger partial charge in [0.1, 0.15) is 35.2 Å². The summed E-state index contributed by atoms with van der Waals surface area (Å²) in [4.78, 5) is 52.0. The van der Waals surface area contributed by atoms with Gasteiger partial charge in [-0.2, -0.15) is 0 Å². The average Bonchev–Trinajstić information content (AvgIpc) is 3.12. The van der Waals surface area contributed by atoms with Gasteiger partial charge < -0.3 is 40.7 Å². The van der Waals surface area contributed by atoms with Crippen molar-refractivity contribution in [2.75, 3.05) is 18.1 Å². The Morgan fingerprint density at radius 3 is 2.12 bits per heavy atom. The van der Waals surface area contributed by atoms with Crippen LogP contribution >= 0.6 is 0 Å². The maximum Gasteiger partial charge on any atom is 0.328 e. The van der Waals surface area contributed by atoms with Crippen molar-refractivity contribution in [3.63, 3.8) is 0 Å². The monoisotopic (exact) mass is 703 g/mol. The Bertz CT molecular complexity index is 1860. The number of rotatable bonds is 15. The van der Waals surface area contributed by atoms with Gasteiger partial charge in [-0.3, -0.25) is 14.4 Å². The number of amides is 3. The van der Waals surface area contributed by atoms with Gasteiger partial charge in [0.2, 0.25) is 11.8 Å². The molecule has 0 aromatic heterocycles. The third-order valence-corrected chi connectivity index (χ3v) is 8.51. The lowest BCUT2D eigenvalue weighted by Gasteiger charge is -2.48. The summed E-state index contributed by atoms with van der Waals surface area (Å²) in [6.07, 6.45) is -0.610. The zero-order valence-electron chi connectivity index (χ0n) is 27.0. The molecule has 4 aromatic rings. The standard InChI is InChI=1S/C37H35F2N3O9/c38-23-8-6-21(7-9-23)30(44)17-16-28-34(42(36(28)48)25-12-10-24(39)11-13-25)27-15-14-26(18-31(27)45)51-20-32(46)41-33(22-4-2-1-3-5-22)35(47)40-29(19-43)37(49)50/h1-15,18,28-30,33-34,43-45H,16-17,19-20H2,(H,40,47)(H,41,46)(H,49,50)/t28?,29-,30?,33-,34?/m1/s1. The van der Waals surface area contributed by atoms with E-state index >= 15 is 0 Å². The predicted octanol–water partition coefficient (Wildman–Crippen LogP) is 3.69. The number of phenols is 1. The number of carbonyl (C=O) groups excluding carboxylic acids is 3. The van der Waals surface area contributed by atoms with Gasteiger partial charge >= 0.3 is 5.97 Å². The Morgan fingerprint density at radius 2 is 1.51 bits per heavy atom. The number of carbonyl (C=O) groups is 4. The van der Waals surface area contributed by atoms with E-state index in [1.807, 2.05) is 0 Å². The van der Waals surface area contributed by atoms with E-state index in [4.69, 9.17) is 4.74 Å². The van der Waals surface area contributed by atoms with Crippen LogP contribution in [0, 0.1) is 17.6 Å². The third kappa shape index (κ3) is 8.66. The molecule has 14 heteroatoms. The number of halogens is 2. The lowest BCUT2D eigenvalue weighted by Crippen LogP contribution is -2.55. The smallest absolute Gasteiger partial charge is 0.328 e. The van der Waals surface area contributed by atoms with Crippen LogP contribution in [0.15, 0.2) is 97.1 Å². The van der Waals surface area contributed by atoms with Gasteiger partial charge in [-0.25, -0.2) is 13.6 Å². The van der Waals surface area contributed by atoms with Crippen molar-refractivity contribution in [2.24, 2.45) is 5.92 Å². The number of hydrogen-bond donors (Lipinski definition) is 6. The maximum absolute atomic E-state index is 13.7. The molecular formula is C37H35F2N3O9. The Labute approximate surface area is 290 Å². The number of β-lactam (4-membered cyclic amide) rings is 1. The molecule has 0 saturated carbocycles. The molecular weight excluding hydrogens is 668 g/mol. The number of anilines is 1. The van der Waals surface area contributed by atoms with Gasteiger partial charge in [0, 0.05) is 17.3 Å². The lowest BCUT2D eigenvalue weighted by atomic mass is 9.78. The Kier molecular flexibility index (Phi) is 11.6. The van der Waals surface area contributed by atoms with Crippen molar-refractivity contribution in [1.29, 1.82) is 0 Å². The summed E-state index contributed by atoms with van der Waals surface area (Å²) in [7, 11) is 0. The molecule has 0 bridgehead atoms. The van der Waals surface area contributed by atoms with Crippen LogP contribution in [-0.2, 0) is 19.2 Å². The van der Waals surface area contributed by atoms with E-state index in [1.165, 1.54) is 71.6 Å². The molecule has 6 N–H and O–H groups in total. The molecule has 3 amide bonds. The van der Waals surface area contributed by atoms with Crippen molar-refractivity contribution < 1.29 is 53.1 Å². The number of hydrogen-bond acceptors (Lipinski definition) is 8. The van der Waals surface area contributed by atoms with Crippen molar-refractivity contribution in [2.45, 2.75) is 37.1 Å². The van der Waals surface area contributed by atoms with E-state index in [0.29, 0.717) is 22.4 Å². The van der Waals surface area contributed by atoms with Crippen molar-refractivity contribution in [1.82, 2.24) is 10.6 Å². The first kappa shape index (κ1) is 36.4. The molecule has 1 aliphatic rings. The SMILES string of the molecule is O=C(COc1ccc(C2C(CCC(O)c3ccc(F)cc3)C(=O)N2c2ccc(F)cc2)c(O)c1)N[C@@H](C(=O)N[C@H](CO)C(=O)O)c1ccccc1. The summed E-state index contributed by atoms with van der Waals surface area (Å²) in [5.41, 5.74) is 1.54. The molecule has 0 radical (unpaired) electrons. The summed E-state index contributed by atoms with van der Waals surface area (Å²) in [6, 6.07) is 19.3. The Morgan fingerprint density at radius 1 is 0.863 bits per heavy atom. The Hall–Kier alpha value is -5.86. The second-order valence-corrected chi connectivity index (χ2v) is 11.9. The van der Waals surface area contributed by atoms with Crippen LogP contribution in [0.4, 0.5) is 14.5 Å². The minimum absolute atomic E-state index is 0.0700. The number of nitrogens with zero attached hydrogens (tertiary/aromatic N) is 1. The van der Waals surface area contributed by atoms with Crippen molar-refractivity contribution in [3.8, 4) is 11.5 Å². The number of nitrogens with one attached hydrogen (secondary N) is 2. The first-order valence-electron chi connectivity index (χ1n) is 15.9. The minimum Gasteiger partial charge on any atom is -0.507 e. The highest BCUT2D eigenvalue weighted by Gasteiger charge is 2.49. The molecule has 12 nitrogen and oxygen atoms in total. The average molecular weight is 704 g/mol. The van der Waals surface area contributed by atoms with Gasteiger partial charge in [0.25, 0.3) is 5.91 Å². The van der Waals surface area contributed by atoms with Crippen LogP contribution in [0.5, 0.6) is 11.5 Å². The summed E-state index contributed by atoms with van der Waals surface area (Å²) < 4.78 is 32.7. The molecule has 1 saturated heterocycles. The molecule has 5 atom stereocenters. The van der Waals surface area contributed by atoms with Crippen molar-refractivity contribution >= 4 is 29.4 Å². The fraction of sp³-hybridized carbons (Fsp3) is 0.243. The summed E-state index contributed by atoms with van der Waals surface area (Å²) in [5, 5.41) is 45.0. The van der Waals surface area contributed by atoms with E-state index in [1.54, 1.807) is 30.3 Å². The van der Waals surface area contributed by atoms with E-state index in [-0.39, 0.29) is 30.2 Å². The van der Waals surface area contributed by atoms with Gasteiger partial charge in [-0.05, 0) is 72.5 Å². The summed E-state index contributed by atoms with van der Waals surface area (Å²) >= 11 is 0. The lowest BCUT2D eigenvalue weighted by molar-refractivity contribution is -0.143. The first-order chi connectivity index (χ1) is 24.5. The van der Waals surface area contributed by atoms with Gasteiger partial charge in [-0.15, -0.1) is 0 Å². The molecule has 3 unspecified atom stereocenters. The highest BCUT2D eigenvalue weighted by molar-refractivity contribution is 6.03. The van der Waals surface area contributed by atoms with Crippen LogP contribution in [0.1, 0.15) is 47.7 Å². The van der Waals surface area contributed by atoms with Crippen LogP contribution < -0.4 is 20.3 Å². The second-order valence-electron chi connectivity index (χ2n) is 11.9. The Balaban J connectivity index is 1.29. The molecule has 4 aromatic carbocycles. The van der Waals surface area contributed by atoms with E-state index in [0.717, 1.165) is 0 Å². The van der Waals surface area contributed by atoms with Crippen LogP contribution in [0.2, 0.25) is 0 Å². The summed E-state index contributed by atoms with van der Waals surface area (Å²) in [6.45, 7) is -1.47. The van der Waals surface area contributed by atoms with Crippen molar-refractivity contribution in [3.05, 3.63) is 125 Å². The van der Waals surface area contributed by atoms with E-state index in [2.05, 4.69) is 10.6 Å². The number of aliphatic carboxylic acids is 1. The molecule has 1 aliphatic heterocycles. The van der Waals surface area contributed by atoms with Crippen LogP contribution in [0.25, 0.3) is 0 Å². The number of aliphatic hydroxyl groups excluding tert-OH is 2. The molecule has 5 rings (SSSR count). The number of phenolic OH excluding ortho intramolecular Hbond substituents is 1. The number of carboxylic acid groups (broad SMARTS) is 1. The zero-order chi connectivity index (χ0) is 36.7. The van der Waals surface area contributed by atoms with Gasteiger partial charge in [0.05, 0.1) is 24.7 Å². The number of aliphatic hydroxyl groups is 2. The zero-order valence-corrected chi connectivity index (χ0v) is 27.0. The second kappa shape index (κ2) is 16.2. The molecule has 0 aliphatic carbocycles. The molecule has 51 heavy (non-hydrogen) atoms. The minimum atomic E-state index is -1.59. The first-order valence-corrected chi connectivity index (χ1v) is 15.9. The highest BCUT2D eigenvalue weighted by Crippen LogP contribution is 2.49. The summed E-state index contributed by atoms with van der Waals surface area (Å²) in [5.74, 6) is -5.23. The number of carboxylic acids is 1. The maximum atomic E-state index is 13.7. The molecule has 266 valence electrons. The molecule has 0 spiro atoms. The fourth-order valence-corrected chi connectivity index (χ4v) is 5.87. The van der Waals surface area contributed by atoms with Gasteiger partial charge in [-0.1, -0.05) is 42.5 Å². The third-order valence-electron chi connectivity index (χ3n) is 8.51. The van der Waals surface area contributed by atoms with Crippen LogP contribution in [-0.4, -0.2) is 63.4 Å². The number of aromatic hydroxyl groups is 1. The largest absolute Gasteiger partial charge is 0.507 e. The predicted molar refractivity (Wildman–Crippen MR) is 178 cm³/mol. The van der Waals surface area contributed by atoms with Crippen LogP contribution in [0.3, 0.4) is 0 Å². The highest BCUT2D eigenvalue weighted by atomic mass is 19.1. The fourth-order valence-electron chi connectivity index (χ4n) is 5.87. The topological polar surface area (TPSA) is 186 Å². The quantitative estimate of drug-likeness (QED) is 0.101. The molecule has 1 fully saturated rings. The number of benzene rings is 4. The van der Waals surface area contributed by atoms with E-state index in [9.17, 15) is 48.4 Å².